The molecule has 1 aromatic heterocycles. The van der Waals surface area contributed by atoms with Crippen molar-refractivity contribution in [2.45, 2.75) is 31.7 Å². The van der Waals surface area contributed by atoms with Crippen LogP contribution in [0.3, 0.4) is 0 Å². The number of hydrogen-bond donors (Lipinski definition) is 0. The summed E-state index contributed by atoms with van der Waals surface area (Å²) in [6.45, 7) is 6.02. The SMILES string of the molecule is CN1CCCCC1CCN1CCN(C(=O)c2ccoc2)CC1. The van der Waals surface area contributed by atoms with Crippen LogP contribution in [-0.4, -0.2) is 73.0 Å². The maximum absolute atomic E-state index is 12.3. The highest BCUT2D eigenvalue weighted by Gasteiger charge is 2.24. The van der Waals surface area contributed by atoms with Gasteiger partial charge in [-0.1, -0.05) is 6.42 Å². The molecule has 5 nitrogen and oxygen atoms in total. The number of piperidine rings is 1. The molecule has 0 spiro atoms. The van der Waals surface area contributed by atoms with Gasteiger partial charge < -0.3 is 14.2 Å². The maximum Gasteiger partial charge on any atom is 0.257 e. The number of rotatable bonds is 4. The largest absolute Gasteiger partial charge is 0.472 e. The van der Waals surface area contributed by atoms with Crippen molar-refractivity contribution in [3.05, 3.63) is 24.2 Å². The molecular formula is C17H27N3O2. The molecule has 0 saturated carbocycles. The molecule has 122 valence electrons. The summed E-state index contributed by atoms with van der Waals surface area (Å²) >= 11 is 0. The molecule has 2 aliphatic heterocycles. The molecule has 1 unspecified atom stereocenters. The van der Waals surface area contributed by atoms with Crippen LogP contribution >= 0.6 is 0 Å². The smallest absolute Gasteiger partial charge is 0.257 e. The van der Waals surface area contributed by atoms with Crippen LogP contribution < -0.4 is 0 Å². The number of carbonyl (C=O) groups excluding carboxylic acids is 1. The minimum Gasteiger partial charge on any atom is -0.472 e. The topological polar surface area (TPSA) is 39.9 Å². The first kappa shape index (κ1) is 15.6. The Morgan fingerprint density at radius 1 is 1.23 bits per heavy atom. The van der Waals surface area contributed by atoms with Crippen LogP contribution in [-0.2, 0) is 0 Å². The Labute approximate surface area is 132 Å². The van der Waals surface area contributed by atoms with Crippen LogP contribution in [0.25, 0.3) is 0 Å². The lowest BCUT2D eigenvalue weighted by Gasteiger charge is -2.37. The molecule has 2 aliphatic rings. The van der Waals surface area contributed by atoms with Gasteiger partial charge in [0.15, 0.2) is 0 Å². The number of piperazine rings is 1. The van der Waals surface area contributed by atoms with E-state index in [1.165, 1.54) is 38.5 Å². The van der Waals surface area contributed by atoms with Gasteiger partial charge in [0.2, 0.25) is 0 Å². The van der Waals surface area contributed by atoms with Crippen molar-refractivity contribution in [3.8, 4) is 0 Å². The van der Waals surface area contributed by atoms with Gasteiger partial charge in [-0.15, -0.1) is 0 Å². The van der Waals surface area contributed by atoms with Gasteiger partial charge in [0.05, 0.1) is 11.8 Å². The van der Waals surface area contributed by atoms with Gasteiger partial charge in [0.25, 0.3) is 5.91 Å². The van der Waals surface area contributed by atoms with E-state index < -0.39 is 0 Å². The van der Waals surface area contributed by atoms with E-state index in [1.54, 1.807) is 12.3 Å². The molecule has 1 amide bonds. The predicted molar refractivity (Wildman–Crippen MR) is 85.9 cm³/mol. The summed E-state index contributed by atoms with van der Waals surface area (Å²) in [7, 11) is 2.26. The number of likely N-dealkylation sites (tertiary alicyclic amines) is 1. The van der Waals surface area contributed by atoms with Crippen molar-refractivity contribution in [1.82, 2.24) is 14.7 Å². The first-order chi connectivity index (χ1) is 10.7. The lowest BCUT2D eigenvalue weighted by Crippen LogP contribution is -2.49. The Kier molecular flexibility index (Phi) is 5.16. The van der Waals surface area contributed by atoms with Gasteiger partial charge in [-0.25, -0.2) is 0 Å². The van der Waals surface area contributed by atoms with Gasteiger partial charge >= 0.3 is 0 Å². The normalized spacial score (nSPS) is 24.6. The van der Waals surface area contributed by atoms with E-state index >= 15 is 0 Å². The number of nitrogens with zero attached hydrogens (tertiary/aromatic N) is 3. The molecule has 0 aliphatic carbocycles. The van der Waals surface area contributed by atoms with Crippen molar-refractivity contribution in [2.24, 2.45) is 0 Å². The zero-order valence-electron chi connectivity index (χ0n) is 13.5. The first-order valence-electron chi connectivity index (χ1n) is 8.48. The molecule has 1 aromatic rings. The summed E-state index contributed by atoms with van der Waals surface area (Å²) in [6.07, 6.45) is 8.42. The van der Waals surface area contributed by atoms with Crippen LogP contribution in [0.5, 0.6) is 0 Å². The molecule has 22 heavy (non-hydrogen) atoms. The summed E-state index contributed by atoms with van der Waals surface area (Å²) in [5.41, 5.74) is 0.664. The lowest BCUT2D eigenvalue weighted by atomic mass is 10.00. The lowest BCUT2D eigenvalue weighted by molar-refractivity contribution is 0.0616. The maximum atomic E-state index is 12.3. The average molecular weight is 305 g/mol. The van der Waals surface area contributed by atoms with E-state index in [0.29, 0.717) is 5.56 Å². The second-order valence-electron chi connectivity index (χ2n) is 6.56. The van der Waals surface area contributed by atoms with E-state index in [4.69, 9.17) is 4.42 Å². The van der Waals surface area contributed by atoms with E-state index in [2.05, 4.69) is 16.8 Å². The Hall–Kier alpha value is -1.33. The van der Waals surface area contributed by atoms with Gasteiger partial charge in [-0.3, -0.25) is 9.69 Å². The van der Waals surface area contributed by atoms with Crippen LogP contribution in [0.4, 0.5) is 0 Å². The van der Waals surface area contributed by atoms with Gasteiger partial charge in [0.1, 0.15) is 6.26 Å². The fourth-order valence-corrected chi connectivity index (χ4v) is 3.58. The van der Waals surface area contributed by atoms with Crippen molar-refractivity contribution in [3.63, 3.8) is 0 Å². The molecule has 3 rings (SSSR count). The third-order valence-corrected chi connectivity index (χ3v) is 5.13. The van der Waals surface area contributed by atoms with Gasteiger partial charge in [-0.05, 0) is 45.5 Å². The van der Waals surface area contributed by atoms with Crippen molar-refractivity contribution < 1.29 is 9.21 Å². The predicted octanol–water partition coefficient (Wildman–Crippen LogP) is 1.91. The molecule has 1 atom stereocenters. The highest BCUT2D eigenvalue weighted by Crippen LogP contribution is 2.18. The Morgan fingerprint density at radius 2 is 2.05 bits per heavy atom. The zero-order valence-corrected chi connectivity index (χ0v) is 13.5. The summed E-state index contributed by atoms with van der Waals surface area (Å²) in [6, 6.07) is 2.49. The zero-order chi connectivity index (χ0) is 15.4. The fourth-order valence-electron chi connectivity index (χ4n) is 3.58. The second kappa shape index (κ2) is 7.29. The summed E-state index contributed by atoms with van der Waals surface area (Å²) in [5, 5.41) is 0. The van der Waals surface area contributed by atoms with Crippen LogP contribution in [0.2, 0.25) is 0 Å². The van der Waals surface area contributed by atoms with Gasteiger partial charge in [-0.2, -0.15) is 0 Å². The fraction of sp³-hybridized carbons (Fsp3) is 0.706. The quantitative estimate of drug-likeness (QED) is 0.852. The van der Waals surface area contributed by atoms with Crippen molar-refractivity contribution in [2.75, 3.05) is 46.3 Å². The van der Waals surface area contributed by atoms with Crippen LogP contribution in [0.15, 0.2) is 23.0 Å². The van der Waals surface area contributed by atoms with Crippen molar-refractivity contribution in [1.29, 1.82) is 0 Å². The third-order valence-electron chi connectivity index (χ3n) is 5.13. The molecule has 3 heterocycles. The van der Waals surface area contributed by atoms with Crippen molar-refractivity contribution >= 4 is 5.91 Å². The molecule has 2 saturated heterocycles. The summed E-state index contributed by atoms with van der Waals surface area (Å²) < 4.78 is 5.00. The van der Waals surface area contributed by atoms with E-state index in [9.17, 15) is 4.79 Å². The Morgan fingerprint density at radius 3 is 2.73 bits per heavy atom. The number of amides is 1. The number of furan rings is 1. The molecular weight excluding hydrogens is 278 g/mol. The van der Waals surface area contributed by atoms with Gasteiger partial charge in [0, 0.05) is 32.2 Å². The Balaban J connectivity index is 1.41. The Bertz CT molecular complexity index is 466. The molecule has 0 aromatic carbocycles. The first-order valence-corrected chi connectivity index (χ1v) is 8.48. The monoisotopic (exact) mass is 305 g/mol. The summed E-state index contributed by atoms with van der Waals surface area (Å²) in [5.74, 6) is 0.0976. The number of carbonyl (C=O) groups is 1. The molecule has 5 heteroatoms. The van der Waals surface area contributed by atoms with E-state index in [1.807, 2.05) is 4.90 Å². The second-order valence-corrected chi connectivity index (χ2v) is 6.56. The summed E-state index contributed by atoms with van der Waals surface area (Å²) in [4.78, 5) is 19.2. The third kappa shape index (κ3) is 3.70. The van der Waals surface area contributed by atoms with E-state index in [0.717, 1.165) is 38.8 Å². The molecule has 0 bridgehead atoms. The highest BCUT2D eigenvalue weighted by molar-refractivity contribution is 5.93. The van der Waals surface area contributed by atoms with Crippen LogP contribution in [0, 0.1) is 0 Å². The minimum atomic E-state index is 0.0976. The van der Waals surface area contributed by atoms with E-state index in [-0.39, 0.29) is 5.91 Å². The molecule has 2 fully saturated rings. The minimum absolute atomic E-state index is 0.0976. The standard InChI is InChI=1S/C17H27N3O2/c1-18-7-3-2-4-16(18)5-8-19-9-11-20(12-10-19)17(21)15-6-13-22-14-15/h6,13-14,16H,2-5,7-12H2,1H3. The molecule has 0 radical (unpaired) electrons. The highest BCUT2D eigenvalue weighted by atomic mass is 16.3. The van der Waals surface area contributed by atoms with Crippen LogP contribution in [0.1, 0.15) is 36.0 Å². The average Bonchev–Trinajstić information content (AvgIpc) is 3.08. The number of hydrogen-bond acceptors (Lipinski definition) is 4. The molecule has 0 N–H and O–H groups in total.